The topological polar surface area (TPSA) is 101 Å². The average Bonchev–Trinajstić information content (AvgIpc) is 3.43. The molecule has 2 heterocycles. The molecule has 0 radical (unpaired) electrons. The molecular weight excluding hydrogens is 440 g/mol. The van der Waals surface area contributed by atoms with E-state index in [1.54, 1.807) is 16.2 Å². The largest absolute Gasteiger partial charge is 0.455 e. The Balaban J connectivity index is 1.55. The number of rotatable bonds is 8. The van der Waals surface area contributed by atoms with Gasteiger partial charge in [0.1, 0.15) is 6.54 Å². The molecule has 8 nitrogen and oxygen atoms in total. The van der Waals surface area contributed by atoms with E-state index in [1.165, 1.54) is 38.2 Å². The van der Waals surface area contributed by atoms with Crippen LogP contribution >= 0.6 is 11.3 Å². The molecule has 1 unspecified atom stereocenters. The molecule has 1 amide bonds. The van der Waals surface area contributed by atoms with Crippen LogP contribution in [-0.4, -0.2) is 62.0 Å². The summed E-state index contributed by atoms with van der Waals surface area (Å²) in [6, 6.07) is 9.37. The molecule has 0 aliphatic carbocycles. The molecule has 1 aromatic heterocycles. The standard InChI is InChI=1S/C21H24N2O6S2/c1-15(24)16-7-9-17(10-8-16)31(27,28)22(2)13-21(26)29-14-20(25)23-11-3-5-18(23)19-6-4-12-30-19/h4,6-10,12,18H,3,5,11,13-14H2,1-2H3. The van der Waals surface area contributed by atoms with E-state index < -0.39 is 29.1 Å². The van der Waals surface area contributed by atoms with E-state index in [0.717, 1.165) is 22.0 Å². The second kappa shape index (κ2) is 9.71. The smallest absolute Gasteiger partial charge is 0.321 e. The van der Waals surface area contributed by atoms with Crippen LogP contribution in [0.5, 0.6) is 0 Å². The van der Waals surface area contributed by atoms with Crippen molar-refractivity contribution in [2.24, 2.45) is 0 Å². The molecule has 3 rings (SSSR count). The minimum atomic E-state index is -3.94. The number of Topliss-reactive ketones (excluding diaryl/α,β-unsaturated/α-hetero) is 1. The van der Waals surface area contributed by atoms with Crippen molar-refractivity contribution in [2.45, 2.75) is 30.7 Å². The van der Waals surface area contributed by atoms with Crippen LogP contribution in [0.4, 0.5) is 0 Å². The van der Waals surface area contributed by atoms with Gasteiger partial charge in [0.2, 0.25) is 10.0 Å². The third-order valence-corrected chi connectivity index (χ3v) is 7.91. The fraction of sp³-hybridized carbons (Fsp3) is 0.381. The number of ketones is 1. The maximum absolute atomic E-state index is 12.6. The quantitative estimate of drug-likeness (QED) is 0.439. The van der Waals surface area contributed by atoms with Crippen molar-refractivity contribution in [2.75, 3.05) is 26.7 Å². The number of ether oxygens (including phenoxy) is 1. The lowest BCUT2D eigenvalue weighted by Crippen LogP contribution is -2.37. The molecule has 1 saturated heterocycles. The molecule has 1 aromatic carbocycles. The molecule has 0 saturated carbocycles. The summed E-state index contributed by atoms with van der Waals surface area (Å²) < 4.78 is 31.2. The summed E-state index contributed by atoms with van der Waals surface area (Å²) in [6.07, 6.45) is 1.75. The van der Waals surface area contributed by atoms with Gasteiger partial charge < -0.3 is 9.64 Å². The predicted octanol–water partition coefficient (Wildman–Crippen LogP) is 2.48. The van der Waals surface area contributed by atoms with Gasteiger partial charge in [0.05, 0.1) is 10.9 Å². The van der Waals surface area contributed by atoms with Crippen molar-refractivity contribution >= 4 is 39.0 Å². The van der Waals surface area contributed by atoms with Crippen molar-refractivity contribution in [1.29, 1.82) is 0 Å². The third-order valence-electron chi connectivity index (χ3n) is 5.12. The van der Waals surface area contributed by atoms with E-state index in [9.17, 15) is 22.8 Å². The second-order valence-electron chi connectivity index (χ2n) is 7.26. The fourth-order valence-corrected chi connectivity index (χ4v) is 5.41. The monoisotopic (exact) mass is 464 g/mol. The molecule has 1 aliphatic rings. The van der Waals surface area contributed by atoms with E-state index in [0.29, 0.717) is 12.1 Å². The Labute approximate surface area is 185 Å². The van der Waals surface area contributed by atoms with Crippen LogP contribution in [-0.2, 0) is 24.3 Å². The summed E-state index contributed by atoms with van der Waals surface area (Å²) in [5.74, 6) is -1.29. The van der Waals surface area contributed by atoms with Gasteiger partial charge in [-0.15, -0.1) is 11.3 Å². The lowest BCUT2D eigenvalue weighted by molar-refractivity contribution is -0.152. The molecule has 1 aliphatic heterocycles. The van der Waals surface area contributed by atoms with Gasteiger partial charge in [0.25, 0.3) is 5.91 Å². The number of likely N-dealkylation sites (N-methyl/N-ethyl adjacent to an activating group) is 1. The number of likely N-dealkylation sites (tertiary alicyclic amines) is 1. The summed E-state index contributed by atoms with van der Waals surface area (Å²) in [7, 11) is -2.69. The van der Waals surface area contributed by atoms with Crippen LogP contribution in [0.2, 0.25) is 0 Å². The van der Waals surface area contributed by atoms with Gasteiger partial charge in [0.15, 0.2) is 12.4 Å². The van der Waals surface area contributed by atoms with Gasteiger partial charge in [0, 0.05) is 24.0 Å². The normalized spacial score (nSPS) is 16.5. The molecule has 166 valence electrons. The second-order valence-corrected chi connectivity index (χ2v) is 10.3. The van der Waals surface area contributed by atoms with Gasteiger partial charge in [-0.05, 0) is 43.3 Å². The van der Waals surface area contributed by atoms with Crippen molar-refractivity contribution in [3.8, 4) is 0 Å². The predicted molar refractivity (Wildman–Crippen MR) is 115 cm³/mol. The Morgan fingerprint density at radius 2 is 1.90 bits per heavy atom. The van der Waals surface area contributed by atoms with Crippen molar-refractivity contribution < 1.29 is 27.5 Å². The van der Waals surface area contributed by atoms with E-state index in [1.807, 2.05) is 17.5 Å². The molecule has 10 heteroatoms. The summed E-state index contributed by atoms with van der Waals surface area (Å²) in [4.78, 5) is 38.8. The highest BCUT2D eigenvalue weighted by Crippen LogP contribution is 2.34. The SMILES string of the molecule is CC(=O)c1ccc(S(=O)(=O)N(C)CC(=O)OCC(=O)N2CCCC2c2cccs2)cc1. The van der Waals surface area contributed by atoms with Crippen LogP contribution in [0.25, 0.3) is 0 Å². The number of hydrogen-bond donors (Lipinski definition) is 0. The molecule has 2 aromatic rings. The molecule has 31 heavy (non-hydrogen) atoms. The molecule has 0 spiro atoms. The number of hydrogen-bond acceptors (Lipinski definition) is 7. The van der Waals surface area contributed by atoms with Gasteiger partial charge in [-0.1, -0.05) is 18.2 Å². The first kappa shape index (κ1) is 23.1. The van der Waals surface area contributed by atoms with Gasteiger partial charge in [-0.25, -0.2) is 8.42 Å². The first-order valence-electron chi connectivity index (χ1n) is 9.76. The number of esters is 1. The summed E-state index contributed by atoms with van der Waals surface area (Å²) >= 11 is 1.58. The van der Waals surface area contributed by atoms with Gasteiger partial charge in [-0.3, -0.25) is 14.4 Å². The Hall–Kier alpha value is -2.56. The van der Waals surface area contributed by atoms with Crippen LogP contribution < -0.4 is 0 Å². The lowest BCUT2D eigenvalue weighted by Gasteiger charge is -2.24. The van der Waals surface area contributed by atoms with E-state index in [4.69, 9.17) is 4.74 Å². The maximum Gasteiger partial charge on any atom is 0.321 e. The number of carbonyl (C=O) groups excluding carboxylic acids is 3. The fourth-order valence-electron chi connectivity index (χ4n) is 3.42. The van der Waals surface area contributed by atoms with Gasteiger partial charge in [-0.2, -0.15) is 4.31 Å². The van der Waals surface area contributed by atoms with E-state index in [2.05, 4.69) is 0 Å². The number of amides is 1. The van der Waals surface area contributed by atoms with E-state index in [-0.39, 0.29) is 22.6 Å². The average molecular weight is 465 g/mol. The zero-order valence-electron chi connectivity index (χ0n) is 17.3. The zero-order valence-corrected chi connectivity index (χ0v) is 18.9. The summed E-state index contributed by atoms with van der Waals surface area (Å²) in [6.45, 7) is 1.03. The lowest BCUT2D eigenvalue weighted by atomic mass is 10.2. The number of carbonyl (C=O) groups is 3. The molecule has 1 atom stereocenters. The maximum atomic E-state index is 12.6. The van der Waals surface area contributed by atoms with Crippen molar-refractivity contribution in [1.82, 2.24) is 9.21 Å². The highest BCUT2D eigenvalue weighted by Gasteiger charge is 2.31. The Morgan fingerprint density at radius 3 is 2.52 bits per heavy atom. The zero-order chi connectivity index (χ0) is 22.6. The number of sulfonamides is 1. The minimum Gasteiger partial charge on any atom is -0.455 e. The number of thiophene rings is 1. The molecule has 0 bridgehead atoms. The Bertz CT molecular complexity index is 1050. The Kier molecular flexibility index (Phi) is 7.24. The Morgan fingerprint density at radius 1 is 1.19 bits per heavy atom. The number of nitrogens with zero attached hydrogens (tertiary/aromatic N) is 2. The summed E-state index contributed by atoms with van der Waals surface area (Å²) in [5, 5.41) is 1.96. The van der Waals surface area contributed by atoms with Crippen LogP contribution in [0, 0.1) is 0 Å². The van der Waals surface area contributed by atoms with Crippen molar-refractivity contribution in [3.05, 3.63) is 52.2 Å². The van der Waals surface area contributed by atoms with Gasteiger partial charge >= 0.3 is 5.97 Å². The minimum absolute atomic E-state index is 0.00720. The molecule has 0 N–H and O–H groups in total. The molecule has 1 fully saturated rings. The number of benzene rings is 1. The first-order chi connectivity index (χ1) is 14.7. The molecular formula is C21H24N2O6S2. The van der Waals surface area contributed by atoms with E-state index >= 15 is 0 Å². The third kappa shape index (κ3) is 5.38. The highest BCUT2D eigenvalue weighted by molar-refractivity contribution is 7.89. The van der Waals surface area contributed by atoms with Crippen molar-refractivity contribution in [3.63, 3.8) is 0 Å². The summed E-state index contributed by atoms with van der Waals surface area (Å²) in [5.41, 5.74) is 0.391. The van der Waals surface area contributed by atoms with Crippen LogP contribution in [0.3, 0.4) is 0 Å². The van der Waals surface area contributed by atoms with Crippen LogP contribution in [0.1, 0.15) is 41.0 Å². The first-order valence-corrected chi connectivity index (χ1v) is 12.1. The highest BCUT2D eigenvalue weighted by atomic mass is 32.2. The van der Waals surface area contributed by atoms with Crippen LogP contribution in [0.15, 0.2) is 46.7 Å².